The second-order valence-corrected chi connectivity index (χ2v) is 8.40. The van der Waals surface area contributed by atoms with Crippen molar-refractivity contribution in [2.24, 2.45) is 0 Å². The number of benzene rings is 1. The van der Waals surface area contributed by atoms with E-state index in [-0.39, 0.29) is 5.91 Å². The van der Waals surface area contributed by atoms with Crippen molar-refractivity contribution in [1.82, 2.24) is 19.7 Å². The maximum atomic E-state index is 12.5. The van der Waals surface area contributed by atoms with Gasteiger partial charge < -0.3 is 9.47 Å². The van der Waals surface area contributed by atoms with Gasteiger partial charge in [0.15, 0.2) is 11.0 Å². The summed E-state index contributed by atoms with van der Waals surface area (Å²) in [5, 5.41) is 11.4. The molecule has 0 aliphatic heterocycles. The number of thiophene rings is 1. The Morgan fingerprint density at radius 3 is 2.77 bits per heavy atom. The van der Waals surface area contributed by atoms with Gasteiger partial charge in [-0.1, -0.05) is 52.0 Å². The molecule has 5 nitrogen and oxygen atoms in total. The number of rotatable bonds is 7. The molecule has 26 heavy (non-hydrogen) atoms. The van der Waals surface area contributed by atoms with Crippen LogP contribution in [0.1, 0.15) is 12.5 Å². The van der Waals surface area contributed by atoms with Crippen molar-refractivity contribution in [2.45, 2.75) is 25.2 Å². The first-order chi connectivity index (χ1) is 12.6. The van der Waals surface area contributed by atoms with E-state index < -0.39 is 0 Å². The number of carbonyl (C=O) groups is 1. The molecule has 136 valence electrons. The first-order valence-electron chi connectivity index (χ1n) is 8.17. The fourth-order valence-electron chi connectivity index (χ4n) is 2.48. The van der Waals surface area contributed by atoms with Crippen molar-refractivity contribution < 1.29 is 4.79 Å². The molecule has 0 radical (unpaired) electrons. The Labute approximate surface area is 169 Å². The largest absolute Gasteiger partial charge is 0.341 e. The van der Waals surface area contributed by atoms with Crippen LogP contribution in [-0.4, -0.2) is 38.4 Å². The third kappa shape index (κ3) is 4.36. The van der Waals surface area contributed by atoms with Gasteiger partial charge in [0.1, 0.15) is 0 Å². The van der Waals surface area contributed by atoms with Gasteiger partial charge in [-0.2, -0.15) is 0 Å². The van der Waals surface area contributed by atoms with Crippen LogP contribution in [0.4, 0.5) is 0 Å². The quantitative estimate of drug-likeness (QED) is 0.495. The van der Waals surface area contributed by atoms with E-state index in [9.17, 15) is 4.79 Å². The van der Waals surface area contributed by atoms with Crippen molar-refractivity contribution in [3.8, 4) is 10.7 Å². The first kappa shape index (κ1) is 19.1. The minimum Gasteiger partial charge on any atom is -0.341 e. The molecular weight excluding hydrogens is 432 g/mol. The maximum Gasteiger partial charge on any atom is 0.233 e. The smallest absolute Gasteiger partial charge is 0.233 e. The molecule has 1 aromatic carbocycles. The van der Waals surface area contributed by atoms with Crippen LogP contribution in [0.25, 0.3) is 10.7 Å². The first-order valence-corrected chi connectivity index (χ1v) is 10.8. The molecule has 0 aliphatic carbocycles. The number of carbonyl (C=O) groups excluding carboxylic acids is 1. The summed E-state index contributed by atoms with van der Waals surface area (Å²) in [6, 6.07) is 12.0. The van der Waals surface area contributed by atoms with Crippen molar-refractivity contribution in [3.63, 3.8) is 0 Å². The van der Waals surface area contributed by atoms with Gasteiger partial charge in [-0.3, -0.25) is 4.79 Å². The minimum absolute atomic E-state index is 0.0640. The third-order valence-corrected chi connectivity index (χ3v) is 6.48. The molecule has 0 unspecified atom stereocenters. The number of amides is 1. The van der Waals surface area contributed by atoms with Crippen LogP contribution in [0.15, 0.2) is 51.4 Å². The van der Waals surface area contributed by atoms with Crippen molar-refractivity contribution >= 4 is 44.9 Å². The SMILES string of the molecule is CCn1c(SCC(=O)N(C)Cc2ccccc2Br)nnc1-c1cccs1. The average Bonchev–Trinajstić information content (AvgIpc) is 3.30. The second kappa shape index (κ2) is 8.83. The molecule has 0 atom stereocenters. The molecule has 0 N–H and O–H groups in total. The Balaban J connectivity index is 1.63. The predicted molar refractivity (Wildman–Crippen MR) is 110 cm³/mol. The van der Waals surface area contributed by atoms with E-state index in [4.69, 9.17) is 0 Å². The highest BCUT2D eigenvalue weighted by Gasteiger charge is 2.17. The van der Waals surface area contributed by atoms with Gasteiger partial charge in [-0.05, 0) is 30.0 Å². The topological polar surface area (TPSA) is 51.0 Å². The van der Waals surface area contributed by atoms with E-state index >= 15 is 0 Å². The van der Waals surface area contributed by atoms with Crippen LogP contribution in [0.3, 0.4) is 0 Å². The summed E-state index contributed by atoms with van der Waals surface area (Å²) in [5.74, 6) is 1.26. The summed E-state index contributed by atoms with van der Waals surface area (Å²) in [4.78, 5) is 15.3. The van der Waals surface area contributed by atoms with E-state index in [1.165, 1.54) is 11.8 Å². The van der Waals surface area contributed by atoms with Gasteiger partial charge in [0.05, 0.1) is 10.6 Å². The normalized spacial score (nSPS) is 10.9. The highest BCUT2D eigenvalue weighted by molar-refractivity contribution is 9.10. The summed E-state index contributed by atoms with van der Waals surface area (Å²) in [7, 11) is 1.82. The van der Waals surface area contributed by atoms with Crippen molar-refractivity contribution in [3.05, 3.63) is 51.8 Å². The number of aromatic nitrogens is 3. The number of halogens is 1. The van der Waals surface area contributed by atoms with Crippen LogP contribution in [-0.2, 0) is 17.9 Å². The predicted octanol–water partition coefficient (Wildman–Crippen LogP) is 4.54. The van der Waals surface area contributed by atoms with E-state index in [0.29, 0.717) is 12.3 Å². The lowest BCUT2D eigenvalue weighted by atomic mass is 10.2. The van der Waals surface area contributed by atoms with E-state index in [1.807, 2.05) is 48.8 Å². The van der Waals surface area contributed by atoms with Gasteiger partial charge in [-0.15, -0.1) is 21.5 Å². The van der Waals surface area contributed by atoms with Crippen LogP contribution >= 0.6 is 39.0 Å². The van der Waals surface area contributed by atoms with Gasteiger partial charge >= 0.3 is 0 Å². The van der Waals surface area contributed by atoms with Crippen molar-refractivity contribution in [1.29, 1.82) is 0 Å². The summed E-state index contributed by atoms with van der Waals surface area (Å²) in [6.45, 7) is 3.40. The number of hydrogen-bond acceptors (Lipinski definition) is 5. The Hall–Kier alpha value is -1.64. The molecule has 0 bridgehead atoms. The molecule has 0 spiro atoms. The average molecular weight is 451 g/mol. The standard InChI is InChI=1S/C18H19BrN4OS2/c1-3-23-17(15-9-6-10-25-15)20-21-18(23)26-12-16(24)22(2)11-13-7-4-5-8-14(13)19/h4-10H,3,11-12H2,1-2H3. The molecule has 0 saturated carbocycles. The molecule has 1 amide bonds. The fraction of sp³-hybridized carbons (Fsp3) is 0.278. The highest BCUT2D eigenvalue weighted by atomic mass is 79.9. The monoisotopic (exact) mass is 450 g/mol. The molecule has 0 fully saturated rings. The van der Waals surface area contributed by atoms with Gasteiger partial charge in [-0.25, -0.2) is 0 Å². The lowest BCUT2D eigenvalue weighted by Gasteiger charge is -2.18. The van der Waals surface area contributed by atoms with Crippen LogP contribution in [0, 0.1) is 0 Å². The number of thioether (sulfide) groups is 1. The molecule has 0 saturated heterocycles. The van der Waals surface area contributed by atoms with Crippen LogP contribution in [0.5, 0.6) is 0 Å². The van der Waals surface area contributed by atoms with E-state index in [0.717, 1.165) is 32.4 Å². The zero-order valence-electron chi connectivity index (χ0n) is 14.6. The van der Waals surface area contributed by atoms with Gasteiger partial charge in [0, 0.05) is 24.6 Å². The Bertz CT molecular complexity index is 879. The zero-order chi connectivity index (χ0) is 18.5. The summed E-state index contributed by atoms with van der Waals surface area (Å²) < 4.78 is 3.07. The Morgan fingerprint density at radius 2 is 2.08 bits per heavy atom. The molecule has 8 heteroatoms. The lowest BCUT2D eigenvalue weighted by molar-refractivity contribution is -0.127. The van der Waals surface area contributed by atoms with Crippen LogP contribution in [0.2, 0.25) is 0 Å². The summed E-state index contributed by atoms with van der Waals surface area (Å²) in [6.07, 6.45) is 0. The van der Waals surface area contributed by atoms with E-state index in [2.05, 4.69) is 37.6 Å². The maximum absolute atomic E-state index is 12.5. The fourth-order valence-corrected chi connectivity index (χ4v) is 4.55. The zero-order valence-corrected chi connectivity index (χ0v) is 17.8. The van der Waals surface area contributed by atoms with Crippen LogP contribution < -0.4 is 0 Å². The highest BCUT2D eigenvalue weighted by Crippen LogP contribution is 2.27. The lowest BCUT2D eigenvalue weighted by Crippen LogP contribution is -2.28. The van der Waals surface area contributed by atoms with Gasteiger partial charge in [0.25, 0.3) is 0 Å². The van der Waals surface area contributed by atoms with E-state index in [1.54, 1.807) is 16.2 Å². The third-order valence-electron chi connectivity index (χ3n) is 3.89. The number of nitrogens with zero attached hydrogens (tertiary/aromatic N) is 4. The molecular formula is C18H19BrN4OS2. The Morgan fingerprint density at radius 1 is 1.27 bits per heavy atom. The van der Waals surface area contributed by atoms with Crippen molar-refractivity contribution in [2.75, 3.05) is 12.8 Å². The second-order valence-electron chi connectivity index (χ2n) is 5.66. The number of hydrogen-bond donors (Lipinski definition) is 0. The Kier molecular flexibility index (Phi) is 6.50. The molecule has 3 rings (SSSR count). The summed E-state index contributed by atoms with van der Waals surface area (Å²) in [5.41, 5.74) is 1.09. The summed E-state index contributed by atoms with van der Waals surface area (Å²) >= 11 is 6.60. The van der Waals surface area contributed by atoms with Gasteiger partial charge in [0.2, 0.25) is 5.91 Å². The molecule has 3 aromatic rings. The molecule has 0 aliphatic rings. The molecule has 2 aromatic heterocycles. The minimum atomic E-state index is 0.0640. The molecule has 2 heterocycles.